The van der Waals surface area contributed by atoms with E-state index in [0.29, 0.717) is 0 Å². The summed E-state index contributed by atoms with van der Waals surface area (Å²) < 4.78 is 0. The number of hydrogen-bond donors (Lipinski definition) is 0. The number of rotatable bonds is 7. The Kier molecular flexibility index (Phi) is 8.69. The molecule has 1 unspecified atom stereocenters. The third-order valence-electron chi connectivity index (χ3n) is 13.5. The van der Waals surface area contributed by atoms with Crippen LogP contribution in [0.4, 0.5) is 17.1 Å². The molecule has 0 radical (unpaired) electrons. The molecule has 0 N–H and O–H groups in total. The normalized spacial score (nSPS) is 14.2. The van der Waals surface area contributed by atoms with Crippen LogP contribution in [0.1, 0.15) is 23.6 Å². The molecule has 0 heterocycles. The van der Waals surface area contributed by atoms with Crippen molar-refractivity contribution in [3.63, 3.8) is 0 Å². The van der Waals surface area contributed by atoms with Crippen LogP contribution in [0.3, 0.4) is 0 Å². The highest BCUT2D eigenvalue weighted by Crippen LogP contribution is 2.54. The fourth-order valence-corrected chi connectivity index (χ4v) is 10.4. The predicted octanol–water partition coefficient (Wildman–Crippen LogP) is 17.0. The zero-order valence-electron chi connectivity index (χ0n) is 35.0. The third-order valence-corrected chi connectivity index (χ3v) is 13.5. The first-order valence-corrected chi connectivity index (χ1v) is 21.9. The van der Waals surface area contributed by atoms with Crippen LogP contribution < -0.4 is 4.90 Å². The van der Waals surface area contributed by atoms with E-state index in [9.17, 15) is 0 Å². The Morgan fingerprint density at radius 1 is 0.302 bits per heavy atom. The van der Waals surface area contributed by atoms with Crippen LogP contribution >= 0.6 is 0 Å². The average molecular weight is 802 g/mol. The second-order valence-corrected chi connectivity index (χ2v) is 17.0. The van der Waals surface area contributed by atoms with Gasteiger partial charge in [-0.3, -0.25) is 0 Å². The van der Waals surface area contributed by atoms with Crippen LogP contribution in [0.2, 0.25) is 0 Å². The summed E-state index contributed by atoms with van der Waals surface area (Å²) in [5, 5.41) is 7.48. The molecule has 0 aliphatic heterocycles. The van der Waals surface area contributed by atoms with Crippen LogP contribution in [-0.4, -0.2) is 0 Å². The molecule has 1 heteroatoms. The fourth-order valence-electron chi connectivity index (χ4n) is 10.4. The first-order valence-electron chi connectivity index (χ1n) is 21.9. The van der Waals surface area contributed by atoms with Gasteiger partial charge in [-0.2, -0.15) is 0 Å². The minimum absolute atomic E-state index is 0.303. The van der Waals surface area contributed by atoms with E-state index in [1.165, 1.54) is 93.5 Å². The van der Waals surface area contributed by atoms with E-state index < -0.39 is 0 Å². The number of hydrogen-bond acceptors (Lipinski definition) is 1. The van der Waals surface area contributed by atoms with E-state index in [1.54, 1.807) is 0 Å². The molecule has 0 saturated carbocycles. The summed E-state index contributed by atoms with van der Waals surface area (Å²) in [5.41, 5.74) is 16.9. The lowest BCUT2D eigenvalue weighted by Crippen LogP contribution is -2.22. The fraction of sp³-hybridized carbons (Fsp3) is 0.0323. The zero-order chi connectivity index (χ0) is 41.9. The number of anilines is 3. The highest BCUT2D eigenvalue weighted by atomic mass is 15.1. The molecule has 12 rings (SSSR count). The summed E-state index contributed by atoms with van der Waals surface area (Å²) in [6.07, 6.45) is 0. The topological polar surface area (TPSA) is 3.24 Å². The molecule has 11 aromatic carbocycles. The second kappa shape index (κ2) is 14.9. The van der Waals surface area contributed by atoms with Gasteiger partial charge >= 0.3 is 0 Å². The Labute approximate surface area is 368 Å². The molecular weight excluding hydrogens is 759 g/mol. The van der Waals surface area contributed by atoms with Crippen LogP contribution in [0.15, 0.2) is 243 Å². The number of fused-ring (bicyclic) bond motifs is 7. The Balaban J connectivity index is 1.02. The van der Waals surface area contributed by atoms with Crippen LogP contribution in [0.25, 0.3) is 76.8 Å². The summed E-state index contributed by atoms with van der Waals surface area (Å²) in [7, 11) is 0. The molecule has 1 aliphatic carbocycles. The smallest absolute Gasteiger partial charge is 0.0468 e. The van der Waals surface area contributed by atoms with Gasteiger partial charge in [0.2, 0.25) is 0 Å². The van der Waals surface area contributed by atoms with E-state index >= 15 is 0 Å². The molecule has 11 aromatic rings. The van der Waals surface area contributed by atoms with E-state index in [4.69, 9.17) is 0 Å². The van der Waals surface area contributed by atoms with E-state index in [2.05, 4.69) is 254 Å². The predicted molar refractivity (Wildman–Crippen MR) is 267 cm³/mol. The maximum absolute atomic E-state index is 2.44. The molecule has 63 heavy (non-hydrogen) atoms. The van der Waals surface area contributed by atoms with Crippen LogP contribution in [-0.2, 0) is 5.41 Å². The molecule has 1 nitrogen and oxygen atoms in total. The van der Waals surface area contributed by atoms with Crippen molar-refractivity contribution < 1.29 is 0 Å². The second-order valence-electron chi connectivity index (χ2n) is 17.0. The zero-order valence-corrected chi connectivity index (χ0v) is 35.0. The van der Waals surface area contributed by atoms with Gasteiger partial charge < -0.3 is 4.90 Å². The van der Waals surface area contributed by atoms with Crippen molar-refractivity contribution in [1.82, 2.24) is 0 Å². The van der Waals surface area contributed by atoms with Crippen molar-refractivity contribution in [2.24, 2.45) is 0 Å². The maximum atomic E-state index is 2.44. The van der Waals surface area contributed by atoms with Crippen molar-refractivity contribution in [2.45, 2.75) is 12.3 Å². The molecule has 1 atom stereocenters. The van der Waals surface area contributed by atoms with Gasteiger partial charge in [-0.15, -0.1) is 0 Å². The number of nitrogens with zero attached hydrogens (tertiary/aromatic N) is 1. The van der Waals surface area contributed by atoms with Gasteiger partial charge in [0.1, 0.15) is 0 Å². The summed E-state index contributed by atoms with van der Waals surface area (Å²) in [6.45, 7) is 2.39. The number of benzene rings is 11. The van der Waals surface area contributed by atoms with Gasteiger partial charge in [0.05, 0.1) is 0 Å². The molecule has 296 valence electrons. The molecule has 0 amide bonds. The summed E-state index contributed by atoms with van der Waals surface area (Å²) in [4.78, 5) is 2.43. The molecule has 0 spiro atoms. The van der Waals surface area contributed by atoms with E-state index in [0.717, 1.165) is 17.1 Å². The maximum Gasteiger partial charge on any atom is 0.0468 e. The highest BCUT2D eigenvalue weighted by molar-refractivity contribution is 6.22. The first-order chi connectivity index (χ1) is 31.1. The quantitative estimate of drug-likeness (QED) is 0.145. The van der Waals surface area contributed by atoms with Gasteiger partial charge in [-0.05, 0) is 143 Å². The van der Waals surface area contributed by atoms with Crippen molar-refractivity contribution in [3.05, 3.63) is 259 Å². The lowest BCUT2D eigenvalue weighted by Gasteiger charge is -2.31. The van der Waals surface area contributed by atoms with Crippen molar-refractivity contribution in [2.75, 3.05) is 4.90 Å². The first kappa shape index (κ1) is 36.8. The van der Waals surface area contributed by atoms with Gasteiger partial charge in [0.15, 0.2) is 0 Å². The lowest BCUT2D eigenvalue weighted by molar-refractivity contribution is 0.714. The Hall–Kier alpha value is -8.00. The third kappa shape index (κ3) is 6.00. The van der Waals surface area contributed by atoms with Crippen molar-refractivity contribution >= 4 is 49.4 Å². The van der Waals surface area contributed by atoms with Crippen molar-refractivity contribution in [1.29, 1.82) is 0 Å². The largest absolute Gasteiger partial charge is 0.310 e. The van der Waals surface area contributed by atoms with E-state index in [1.807, 2.05) is 0 Å². The lowest BCUT2D eigenvalue weighted by atomic mass is 9.74. The van der Waals surface area contributed by atoms with Gasteiger partial charge in [-0.25, -0.2) is 0 Å². The summed E-state index contributed by atoms with van der Waals surface area (Å²) in [6, 6.07) is 89.3. The SMILES string of the molecule is CC1(c2ccccc2)c2ccccc2-c2ccc(N(c3ccc(-c4ccc5c(c4)c(-c4ccccc4)c(-c4ccccc4)c4ccccc45)cc3)c3ccc4ccccc4c3)cc21. The minimum Gasteiger partial charge on any atom is -0.310 e. The highest BCUT2D eigenvalue weighted by Gasteiger charge is 2.41. The molecule has 0 aromatic heterocycles. The average Bonchev–Trinajstić information content (AvgIpc) is 3.62. The molecule has 0 fully saturated rings. The molecule has 0 saturated heterocycles. The van der Waals surface area contributed by atoms with Crippen molar-refractivity contribution in [3.8, 4) is 44.5 Å². The Bertz CT molecular complexity index is 3500. The minimum atomic E-state index is -0.303. The van der Waals surface area contributed by atoms with Gasteiger partial charge in [-0.1, -0.05) is 200 Å². The van der Waals surface area contributed by atoms with Gasteiger partial charge in [0, 0.05) is 22.5 Å². The monoisotopic (exact) mass is 801 g/mol. The Morgan fingerprint density at radius 3 is 1.57 bits per heavy atom. The summed E-state index contributed by atoms with van der Waals surface area (Å²) in [5.74, 6) is 0. The van der Waals surface area contributed by atoms with Crippen LogP contribution in [0.5, 0.6) is 0 Å². The Morgan fingerprint density at radius 2 is 0.825 bits per heavy atom. The molecule has 0 bridgehead atoms. The van der Waals surface area contributed by atoms with E-state index in [-0.39, 0.29) is 5.41 Å². The van der Waals surface area contributed by atoms with Gasteiger partial charge in [0.25, 0.3) is 0 Å². The molecular formula is C62H43N. The standard InChI is InChI=1S/C62H43N/c1-62(48-23-9-4-10-24-48)58-28-16-15-26-54(58)55-38-36-51(41-59(55)62)63(50-35-31-42-17-11-12-22-46(42)39-50)49-33-29-43(30-34-49)47-32-37-53-52-25-13-14-27-56(52)60(44-18-5-2-6-19-44)61(57(53)40-47)45-20-7-3-8-21-45/h2-41H,1H3. The van der Waals surface area contributed by atoms with Crippen LogP contribution in [0, 0.1) is 0 Å². The molecule has 1 aliphatic rings. The summed E-state index contributed by atoms with van der Waals surface area (Å²) >= 11 is 0.